The lowest BCUT2D eigenvalue weighted by molar-refractivity contribution is 0.0607. The number of rotatable bonds is 4. The van der Waals surface area contributed by atoms with Gasteiger partial charge in [0.25, 0.3) is 5.91 Å². The number of methoxy groups -OCH3 is 1. The van der Waals surface area contributed by atoms with Gasteiger partial charge in [0, 0.05) is 7.05 Å². The molecule has 0 saturated carbocycles. The molecule has 2 aromatic rings. The van der Waals surface area contributed by atoms with Crippen LogP contribution in [0, 0.1) is 0 Å². The molecule has 0 spiro atoms. The van der Waals surface area contributed by atoms with E-state index in [1.54, 1.807) is 18.5 Å². The molecule has 1 amide bonds. The number of aromatic nitrogens is 2. The molecule has 0 atom stereocenters. The Bertz CT molecular complexity index is 690. The minimum absolute atomic E-state index is 0.272. The van der Waals surface area contributed by atoms with Gasteiger partial charge >= 0.3 is 5.97 Å². The Kier molecular flexibility index (Phi) is 4.27. The SMILES string of the molecule is CCc1nn(C)c(C(=O)Nc2ccsc2C(=O)OC)c1N. The second kappa shape index (κ2) is 5.96. The van der Waals surface area contributed by atoms with Gasteiger partial charge in [-0.25, -0.2) is 4.79 Å². The van der Waals surface area contributed by atoms with Crippen molar-refractivity contribution >= 4 is 34.6 Å². The van der Waals surface area contributed by atoms with E-state index in [1.807, 2.05) is 6.92 Å². The first-order valence-electron chi connectivity index (χ1n) is 6.28. The largest absolute Gasteiger partial charge is 0.465 e. The summed E-state index contributed by atoms with van der Waals surface area (Å²) in [5.74, 6) is -0.904. The topological polar surface area (TPSA) is 99.2 Å². The van der Waals surface area contributed by atoms with Crippen molar-refractivity contribution in [2.24, 2.45) is 7.05 Å². The van der Waals surface area contributed by atoms with Crippen molar-refractivity contribution in [2.45, 2.75) is 13.3 Å². The molecule has 0 fully saturated rings. The van der Waals surface area contributed by atoms with Gasteiger partial charge in [0.15, 0.2) is 0 Å². The summed E-state index contributed by atoms with van der Waals surface area (Å²) in [6.07, 6.45) is 0.638. The lowest BCUT2D eigenvalue weighted by Gasteiger charge is -2.06. The van der Waals surface area contributed by atoms with Gasteiger partial charge in [-0.1, -0.05) is 6.92 Å². The van der Waals surface area contributed by atoms with Gasteiger partial charge < -0.3 is 15.8 Å². The molecule has 2 rings (SSSR count). The van der Waals surface area contributed by atoms with Crippen LogP contribution in [0.4, 0.5) is 11.4 Å². The zero-order valence-electron chi connectivity index (χ0n) is 12.0. The zero-order valence-corrected chi connectivity index (χ0v) is 12.8. The van der Waals surface area contributed by atoms with Crippen LogP contribution in [-0.2, 0) is 18.2 Å². The molecule has 0 bridgehead atoms. The quantitative estimate of drug-likeness (QED) is 0.837. The summed E-state index contributed by atoms with van der Waals surface area (Å²) in [5, 5.41) is 8.57. The Labute approximate surface area is 125 Å². The molecular formula is C13H16N4O3S. The van der Waals surface area contributed by atoms with Crippen LogP contribution in [0.1, 0.15) is 32.8 Å². The number of carbonyl (C=O) groups excluding carboxylic acids is 2. The number of hydrogen-bond acceptors (Lipinski definition) is 6. The minimum atomic E-state index is -0.493. The van der Waals surface area contributed by atoms with Crippen molar-refractivity contribution in [1.29, 1.82) is 0 Å². The Morgan fingerprint density at radius 2 is 2.24 bits per heavy atom. The number of anilines is 2. The molecule has 21 heavy (non-hydrogen) atoms. The number of esters is 1. The summed E-state index contributed by atoms with van der Waals surface area (Å²) in [7, 11) is 2.94. The lowest BCUT2D eigenvalue weighted by Crippen LogP contribution is -2.18. The van der Waals surface area contributed by atoms with E-state index < -0.39 is 11.9 Å². The normalized spacial score (nSPS) is 10.4. The summed E-state index contributed by atoms with van der Waals surface area (Å²) in [6, 6.07) is 1.64. The van der Waals surface area contributed by atoms with Crippen LogP contribution in [0.25, 0.3) is 0 Å². The van der Waals surface area contributed by atoms with Crippen molar-refractivity contribution in [3.05, 3.63) is 27.7 Å². The molecule has 2 aromatic heterocycles. The second-order valence-corrected chi connectivity index (χ2v) is 5.21. The van der Waals surface area contributed by atoms with Gasteiger partial charge in [0.1, 0.15) is 10.6 Å². The van der Waals surface area contributed by atoms with Crippen molar-refractivity contribution in [2.75, 3.05) is 18.2 Å². The number of nitrogen functional groups attached to an aromatic ring is 1. The summed E-state index contributed by atoms with van der Waals surface area (Å²) in [4.78, 5) is 24.3. The van der Waals surface area contributed by atoms with Gasteiger partial charge in [-0.15, -0.1) is 11.3 Å². The first kappa shape index (κ1) is 15.0. The van der Waals surface area contributed by atoms with E-state index >= 15 is 0 Å². The zero-order chi connectivity index (χ0) is 15.6. The molecule has 0 aliphatic carbocycles. The highest BCUT2D eigenvalue weighted by molar-refractivity contribution is 7.12. The summed E-state index contributed by atoms with van der Waals surface area (Å²) >= 11 is 1.19. The van der Waals surface area contributed by atoms with E-state index in [0.717, 1.165) is 0 Å². The predicted octanol–water partition coefficient (Wildman–Crippen LogP) is 1.67. The Hall–Kier alpha value is -2.35. The number of nitrogens with one attached hydrogen (secondary N) is 1. The van der Waals surface area contributed by atoms with E-state index in [1.165, 1.54) is 23.1 Å². The fourth-order valence-corrected chi connectivity index (χ4v) is 2.73. The monoisotopic (exact) mass is 308 g/mol. The van der Waals surface area contributed by atoms with Crippen LogP contribution in [-0.4, -0.2) is 28.8 Å². The van der Waals surface area contributed by atoms with Crippen LogP contribution in [0.3, 0.4) is 0 Å². The molecule has 0 unspecified atom stereocenters. The maximum absolute atomic E-state index is 12.3. The number of thiophene rings is 1. The summed E-state index contributed by atoms with van der Waals surface area (Å²) in [6.45, 7) is 1.91. The fourth-order valence-electron chi connectivity index (χ4n) is 1.97. The minimum Gasteiger partial charge on any atom is -0.465 e. The third-order valence-corrected chi connectivity index (χ3v) is 3.89. The van der Waals surface area contributed by atoms with Gasteiger partial charge in [-0.05, 0) is 17.9 Å². The molecule has 2 heterocycles. The van der Waals surface area contributed by atoms with Gasteiger partial charge in [-0.2, -0.15) is 5.10 Å². The highest BCUT2D eigenvalue weighted by Gasteiger charge is 2.22. The molecule has 0 radical (unpaired) electrons. The Balaban J connectivity index is 2.29. The average molecular weight is 308 g/mol. The van der Waals surface area contributed by atoms with Crippen molar-refractivity contribution in [3.63, 3.8) is 0 Å². The number of aryl methyl sites for hydroxylation is 2. The van der Waals surface area contributed by atoms with Crippen LogP contribution >= 0.6 is 11.3 Å². The first-order valence-corrected chi connectivity index (χ1v) is 7.16. The molecule has 7 nitrogen and oxygen atoms in total. The third-order valence-electron chi connectivity index (χ3n) is 2.99. The van der Waals surface area contributed by atoms with E-state index in [-0.39, 0.29) is 5.69 Å². The Morgan fingerprint density at radius 3 is 2.81 bits per heavy atom. The lowest BCUT2D eigenvalue weighted by atomic mass is 10.2. The predicted molar refractivity (Wildman–Crippen MR) is 80.6 cm³/mol. The van der Waals surface area contributed by atoms with Crippen LogP contribution in [0.5, 0.6) is 0 Å². The summed E-state index contributed by atoms with van der Waals surface area (Å²) < 4.78 is 6.11. The maximum Gasteiger partial charge on any atom is 0.350 e. The number of amides is 1. The van der Waals surface area contributed by atoms with E-state index in [4.69, 9.17) is 5.73 Å². The molecule has 112 valence electrons. The van der Waals surface area contributed by atoms with Gasteiger partial charge in [-0.3, -0.25) is 9.48 Å². The average Bonchev–Trinajstić information content (AvgIpc) is 3.02. The Morgan fingerprint density at radius 1 is 1.52 bits per heavy atom. The fraction of sp³-hybridized carbons (Fsp3) is 0.308. The standard InChI is InChI=1S/C13H16N4O3S/c1-4-7-9(14)10(17(2)16-7)12(18)15-8-5-6-21-11(8)13(19)20-3/h5-6H,4,14H2,1-3H3,(H,15,18). The number of nitrogens with zero attached hydrogens (tertiary/aromatic N) is 2. The van der Waals surface area contributed by atoms with Crippen molar-refractivity contribution in [3.8, 4) is 0 Å². The molecule has 0 aliphatic rings. The smallest absolute Gasteiger partial charge is 0.350 e. The number of ether oxygens (including phenoxy) is 1. The van der Waals surface area contributed by atoms with Crippen molar-refractivity contribution < 1.29 is 14.3 Å². The molecule has 0 aromatic carbocycles. The second-order valence-electron chi connectivity index (χ2n) is 4.30. The van der Waals surface area contributed by atoms with Gasteiger partial charge in [0.2, 0.25) is 0 Å². The molecular weight excluding hydrogens is 292 g/mol. The third kappa shape index (κ3) is 2.75. The van der Waals surface area contributed by atoms with Crippen LogP contribution in [0.2, 0.25) is 0 Å². The molecule has 0 aliphatic heterocycles. The van der Waals surface area contributed by atoms with E-state index in [0.29, 0.717) is 28.4 Å². The number of carbonyl (C=O) groups is 2. The number of hydrogen-bond donors (Lipinski definition) is 2. The maximum atomic E-state index is 12.3. The molecule has 8 heteroatoms. The van der Waals surface area contributed by atoms with E-state index in [2.05, 4.69) is 15.2 Å². The summed E-state index contributed by atoms with van der Waals surface area (Å²) in [5.41, 5.74) is 7.63. The van der Waals surface area contributed by atoms with E-state index in [9.17, 15) is 9.59 Å². The molecule has 0 saturated heterocycles. The van der Waals surface area contributed by atoms with Crippen LogP contribution < -0.4 is 11.1 Å². The molecule has 3 N–H and O–H groups in total. The first-order chi connectivity index (χ1) is 9.99. The number of nitrogens with two attached hydrogens (primary N) is 1. The van der Waals surface area contributed by atoms with Gasteiger partial charge in [0.05, 0.1) is 24.2 Å². The highest BCUT2D eigenvalue weighted by atomic mass is 32.1. The van der Waals surface area contributed by atoms with Crippen LogP contribution in [0.15, 0.2) is 11.4 Å². The van der Waals surface area contributed by atoms with Crippen molar-refractivity contribution in [1.82, 2.24) is 9.78 Å². The highest BCUT2D eigenvalue weighted by Crippen LogP contribution is 2.25.